The predicted octanol–water partition coefficient (Wildman–Crippen LogP) is 6.28. The summed E-state index contributed by atoms with van der Waals surface area (Å²) in [6.07, 6.45) is 16.3. The first-order chi connectivity index (χ1) is 11.9. The summed E-state index contributed by atoms with van der Waals surface area (Å²) in [5, 5.41) is 10.1. The van der Waals surface area contributed by atoms with Gasteiger partial charge >= 0.3 is 0 Å². The van der Waals surface area contributed by atoms with E-state index >= 15 is 0 Å². The van der Waals surface area contributed by atoms with Crippen molar-refractivity contribution in [1.82, 2.24) is 0 Å². The van der Waals surface area contributed by atoms with Gasteiger partial charge in [-0.3, -0.25) is 0 Å². The first kappa shape index (κ1) is 17.8. The first-order valence-corrected chi connectivity index (χ1v) is 11.0. The molecule has 0 spiro atoms. The molecular weight excluding hydrogens is 304 g/mol. The molecule has 0 radical (unpaired) electrons. The van der Waals surface area contributed by atoms with E-state index < -0.39 is 0 Å². The highest BCUT2D eigenvalue weighted by Crippen LogP contribution is 2.67. The maximum Gasteiger partial charge on any atom is 0.0724 e. The molecule has 4 rings (SSSR count). The van der Waals surface area contributed by atoms with Gasteiger partial charge in [-0.05, 0) is 99.2 Å². The van der Waals surface area contributed by atoms with Crippen LogP contribution in [-0.4, -0.2) is 11.2 Å². The van der Waals surface area contributed by atoms with Gasteiger partial charge < -0.3 is 5.11 Å². The Labute approximate surface area is 155 Å². The summed E-state index contributed by atoms with van der Waals surface area (Å²) in [6, 6.07) is 0. The topological polar surface area (TPSA) is 20.2 Å². The third kappa shape index (κ3) is 2.59. The Bertz CT molecular complexity index is 587. The van der Waals surface area contributed by atoms with E-state index in [1.165, 1.54) is 51.4 Å². The zero-order valence-corrected chi connectivity index (χ0v) is 16.9. The summed E-state index contributed by atoms with van der Waals surface area (Å²) >= 11 is 0. The summed E-state index contributed by atoms with van der Waals surface area (Å²) in [7, 11) is 0. The fraction of sp³-hybridized carbons (Fsp3) is 0.833. The van der Waals surface area contributed by atoms with Crippen molar-refractivity contribution in [3.05, 3.63) is 23.3 Å². The maximum absolute atomic E-state index is 10.1. The third-order valence-electron chi connectivity index (χ3n) is 9.16. The molecule has 0 aromatic heterocycles. The number of aliphatic hydroxyl groups excluding tert-OH is 1. The molecule has 140 valence electrons. The lowest BCUT2D eigenvalue weighted by atomic mass is 9.46. The SMILES string of the molecule is CC/C=C(\C)[C@H]1CCC2C3CCC4=CC(O)CC[C@]4(C)C3CC[C@@]21C. The van der Waals surface area contributed by atoms with Gasteiger partial charge in [0.1, 0.15) is 0 Å². The second-order valence-electron chi connectivity index (χ2n) is 10.2. The van der Waals surface area contributed by atoms with Crippen LogP contribution in [0.5, 0.6) is 0 Å². The molecule has 0 amide bonds. The molecule has 7 atom stereocenters. The van der Waals surface area contributed by atoms with Crippen LogP contribution < -0.4 is 0 Å². The number of rotatable bonds is 2. The van der Waals surface area contributed by atoms with Crippen molar-refractivity contribution in [3.63, 3.8) is 0 Å². The van der Waals surface area contributed by atoms with E-state index in [-0.39, 0.29) is 6.10 Å². The van der Waals surface area contributed by atoms with Crippen molar-refractivity contribution in [3.8, 4) is 0 Å². The van der Waals surface area contributed by atoms with Gasteiger partial charge in [-0.15, -0.1) is 0 Å². The van der Waals surface area contributed by atoms with Crippen molar-refractivity contribution in [2.45, 2.75) is 91.6 Å². The van der Waals surface area contributed by atoms with E-state index in [0.717, 1.165) is 30.1 Å². The molecule has 25 heavy (non-hydrogen) atoms. The van der Waals surface area contributed by atoms with Crippen LogP contribution in [0, 0.1) is 34.5 Å². The van der Waals surface area contributed by atoms with Crippen molar-refractivity contribution in [1.29, 1.82) is 0 Å². The van der Waals surface area contributed by atoms with E-state index in [0.29, 0.717) is 10.8 Å². The van der Waals surface area contributed by atoms with Crippen molar-refractivity contribution < 1.29 is 5.11 Å². The monoisotopic (exact) mass is 342 g/mol. The van der Waals surface area contributed by atoms with Crippen LogP contribution in [0.1, 0.15) is 85.5 Å². The Kier molecular flexibility index (Phi) is 4.46. The molecule has 0 aliphatic heterocycles. The highest BCUT2D eigenvalue weighted by molar-refractivity contribution is 5.26. The summed E-state index contributed by atoms with van der Waals surface area (Å²) in [5.74, 6) is 3.56. The van der Waals surface area contributed by atoms with Crippen LogP contribution in [0.25, 0.3) is 0 Å². The van der Waals surface area contributed by atoms with Crippen molar-refractivity contribution in [2.24, 2.45) is 34.5 Å². The zero-order chi connectivity index (χ0) is 17.8. The lowest BCUT2D eigenvalue weighted by Gasteiger charge is -2.58. The van der Waals surface area contributed by atoms with Gasteiger partial charge in [-0.2, -0.15) is 0 Å². The summed E-state index contributed by atoms with van der Waals surface area (Å²) < 4.78 is 0. The Morgan fingerprint density at radius 3 is 2.68 bits per heavy atom. The number of allylic oxidation sites excluding steroid dienone is 3. The molecule has 3 saturated carbocycles. The molecule has 0 aromatic carbocycles. The second-order valence-corrected chi connectivity index (χ2v) is 10.2. The fourth-order valence-electron chi connectivity index (χ4n) is 7.92. The van der Waals surface area contributed by atoms with Gasteiger partial charge in [0.15, 0.2) is 0 Å². The minimum absolute atomic E-state index is 0.175. The Morgan fingerprint density at radius 1 is 1.12 bits per heavy atom. The zero-order valence-electron chi connectivity index (χ0n) is 16.9. The molecule has 4 aliphatic rings. The van der Waals surface area contributed by atoms with Gasteiger partial charge in [0.2, 0.25) is 0 Å². The highest BCUT2D eigenvalue weighted by atomic mass is 16.3. The van der Waals surface area contributed by atoms with E-state index in [9.17, 15) is 5.11 Å². The molecule has 0 bridgehead atoms. The third-order valence-corrected chi connectivity index (χ3v) is 9.16. The van der Waals surface area contributed by atoms with E-state index in [1.807, 2.05) is 0 Å². The Morgan fingerprint density at radius 2 is 1.92 bits per heavy atom. The minimum Gasteiger partial charge on any atom is -0.389 e. The van der Waals surface area contributed by atoms with Gasteiger partial charge in [0.05, 0.1) is 6.10 Å². The molecule has 0 aromatic rings. The van der Waals surface area contributed by atoms with Gasteiger partial charge in [0.25, 0.3) is 0 Å². The molecule has 3 fully saturated rings. The number of aliphatic hydroxyl groups is 1. The van der Waals surface area contributed by atoms with Crippen LogP contribution in [-0.2, 0) is 0 Å². The highest BCUT2D eigenvalue weighted by Gasteiger charge is 2.58. The predicted molar refractivity (Wildman–Crippen MR) is 105 cm³/mol. The minimum atomic E-state index is -0.175. The Balaban J connectivity index is 1.62. The quantitative estimate of drug-likeness (QED) is 0.585. The van der Waals surface area contributed by atoms with Crippen LogP contribution in [0.15, 0.2) is 23.3 Å². The summed E-state index contributed by atoms with van der Waals surface area (Å²) in [4.78, 5) is 0. The standard InChI is InChI=1S/C24H38O/c1-5-6-16(2)20-9-10-21-19-8-7-17-15-18(25)11-13-23(17,3)22(19)12-14-24(20,21)4/h6,15,18-22,25H,5,7-14H2,1-4H3/b16-6+/t18?,19?,20-,21?,22?,23+,24-/m1/s1. The molecule has 1 N–H and O–H groups in total. The van der Waals surface area contributed by atoms with E-state index in [1.54, 1.807) is 11.1 Å². The van der Waals surface area contributed by atoms with Gasteiger partial charge in [-0.25, -0.2) is 0 Å². The normalized spacial score (nSPS) is 49.9. The average Bonchev–Trinajstić information content (AvgIpc) is 2.93. The van der Waals surface area contributed by atoms with E-state index in [2.05, 4.69) is 39.8 Å². The number of fused-ring (bicyclic) bond motifs is 5. The second kappa shape index (κ2) is 6.25. The van der Waals surface area contributed by atoms with Crippen molar-refractivity contribution in [2.75, 3.05) is 0 Å². The number of hydrogen-bond donors (Lipinski definition) is 1. The van der Waals surface area contributed by atoms with Gasteiger partial charge in [-0.1, -0.05) is 44.1 Å². The average molecular weight is 343 g/mol. The van der Waals surface area contributed by atoms with Gasteiger partial charge in [0, 0.05) is 0 Å². The molecule has 1 nitrogen and oxygen atoms in total. The lowest BCUT2D eigenvalue weighted by Crippen LogP contribution is -2.50. The molecule has 1 heteroatoms. The number of hydrogen-bond acceptors (Lipinski definition) is 1. The molecule has 0 heterocycles. The molecule has 4 unspecified atom stereocenters. The van der Waals surface area contributed by atoms with Crippen molar-refractivity contribution >= 4 is 0 Å². The van der Waals surface area contributed by atoms with Crippen LogP contribution >= 0.6 is 0 Å². The smallest absolute Gasteiger partial charge is 0.0724 e. The van der Waals surface area contributed by atoms with Crippen LogP contribution in [0.4, 0.5) is 0 Å². The van der Waals surface area contributed by atoms with Crippen LogP contribution in [0.2, 0.25) is 0 Å². The Hall–Kier alpha value is -0.560. The fourth-order valence-corrected chi connectivity index (χ4v) is 7.92. The lowest BCUT2D eigenvalue weighted by molar-refractivity contribution is -0.0508. The molecule has 4 aliphatic carbocycles. The summed E-state index contributed by atoms with van der Waals surface area (Å²) in [6.45, 7) is 9.86. The first-order valence-electron chi connectivity index (χ1n) is 11.0. The van der Waals surface area contributed by atoms with E-state index in [4.69, 9.17) is 0 Å². The summed E-state index contributed by atoms with van der Waals surface area (Å²) in [5.41, 5.74) is 4.21. The largest absolute Gasteiger partial charge is 0.389 e. The maximum atomic E-state index is 10.1. The molecular formula is C24H38O. The van der Waals surface area contributed by atoms with Crippen LogP contribution in [0.3, 0.4) is 0 Å². The molecule has 0 saturated heterocycles.